The van der Waals surface area contributed by atoms with Gasteiger partial charge in [-0.25, -0.2) is 0 Å². The average Bonchev–Trinajstić information content (AvgIpc) is 2.80. The molecule has 1 aliphatic heterocycles. The van der Waals surface area contributed by atoms with Gasteiger partial charge in [0.1, 0.15) is 5.82 Å². The number of hydrogen-bond donors (Lipinski definition) is 1. The topological polar surface area (TPSA) is 60.0 Å². The number of rotatable bonds is 3. The zero-order chi connectivity index (χ0) is 14.1. The average molecular weight is 271 g/mol. The highest BCUT2D eigenvalue weighted by molar-refractivity contribution is 5.66. The maximum absolute atomic E-state index is 6.10. The molecule has 1 aromatic carbocycles. The van der Waals surface area contributed by atoms with Crippen LogP contribution in [0.4, 0.5) is 11.4 Å². The molecule has 0 radical (unpaired) electrons. The first kappa shape index (κ1) is 13.0. The van der Waals surface area contributed by atoms with E-state index in [1.54, 1.807) is 0 Å². The molecule has 5 heteroatoms. The largest absolute Gasteiger partial charge is 0.398 e. The number of hydrogen-bond acceptors (Lipinski definition) is 4. The lowest BCUT2D eigenvalue weighted by molar-refractivity contribution is 0.627. The molecule has 106 valence electrons. The fourth-order valence-electron chi connectivity index (χ4n) is 3.02. The van der Waals surface area contributed by atoms with E-state index in [1.807, 2.05) is 19.1 Å². The number of aryl methyl sites for hydroxylation is 1. The Hall–Kier alpha value is -2.04. The number of benzene rings is 1. The van der Waals surface area contributed by atoms with Crippen LogP contribution in [0.25, 0.3) is 0 Å². The maximum Gasteiger partial charge on any atom is 0.152 e. The molecule has 1 aliphatic rings. The minimum absolute atomic E-state index is 0.797. The predicted molar refractivity (Wildman–Crippen MR) is 80.7 cm³/mol. The number of fused-ring (bicyclic) bond motifs is 1. The molecule has 0 amide bonds. The van der Waals surface area contributed by atoms with Crippen LogP contribution in [-0.2, 0) is 19.5 Å². The molecule has 0 aliphatic carbocycles. The van der Waals surface area contributed by atoms with Gasteiger partial charge in [0.05, 0.1) is 6.54 Å². The summed E-state index contributed by atoms with van der Waals surface area (Å²) >= 11 is 0. The lowest BCUT2D eigenvalue weighted by atomic mass is 10.00. The molecular weight excluding hydrogens is 250 g/mol. The summed E-state index contributed by atoms with van der Waals surface area (Å²) in [4.78, 5) is 2.37. The highest BCUT2D eigenvalue weighted by Crippen LogP contribution is 2.32. The lowest BCUT2D eigenvalue weighted by Crippen LogP contribution is -2.30. The molecular formula is C15H21N5. The van der Waals surface area contributed by atoms with Crippen LogP contribution in [0.3, 0.4) is 0 Å². The second-order valence-electron chi connectivity index (χ2n) is 5.28. The SMILES string of the molecule is CCn1c(C)nnc1CN1CCCc2c(N)cccc21. The van der Waals surface area contributed by atoms with Crippen molar-refractivity contribution in [3.05, 3.63) is 35.4 Å². The normalized spacial score (nSPS) is 14.4. The van der Waals surface area contributed by atoms with Crippen LogP contribution in [0.15, 0.2) is 18.2 Å². The fourth-order valence-corrected chi connectivity index (χ4v) is 3.02. The Morgan fingerprint density at radius 3 is 2.95 bits per heavy atom. The van der Waals surface area contributed by atoms with E-state index in [0.29, 0.717) is 0 Å². The number of anilines is 2. The zero-order valence-corrected chi connectivity index (χ0v) is 12.1. The smallest absolute Gasteiger partial charge is 0.152 e. The standard InChI is InChI=1S/C15H21N5/c1-3-20-11(2)17-18-15(20)10-19-9-5-6-12-13(16)7-4-8-14(12)19/h4,7-8H,3,5-6,9-10,16H2,1-2H3. The Morgan fingerprint density at radius 1 is 1.30 bits per heavy atom. The predicted octanol–water partition coefficient (Wildman–Crippen LogP) is 2.14. The van der Waals surface area contributed by atoms with Gasteiger partial charge in [-0.2, -0.15) is 0 Å². The summed E-state index contributed by atoms with van der Waals surface area (Å²) in [6.07, 6.45) is 2.21. The van der Waals surface area contributed by atoms with Gasteiger partial charge in [0.2, 0.25) is 0 Å². The van der Waals surface area contributed by atoms with Crippen molar-refractivity contribution >= 4 is 11.4 Å². The van der Waals surface area contributed by atoms with E-state index in [0.717, 1.165) is 49.8 Å². The van der Waals surface area contributed by atoms with Crippen molar-refractivity contribution in [2.24, 2.45) is 0 Å². The highest BCUT2D eigenvalue weighted by atomic mass is 15.3. The van der Waals surface area contributed by atoms with Gasteiger partial charge in [0, 0.05) is 24.5 Å². The van der Waals surface area contributed by atoms with Gasteiger partial charge in [0.25, 0.3) is 0 Å². The number of nitrogens with two attached hydrogens (primary N) is 1. The van der Waals surface area contributed by atoms with Crippen LogP contribution < -0.4 is 10.6 Å². The Kier molecular flexibility index (Phi) is 3.34. The van der Waals surface area contributed by atoms with Crippen molar-refractivity contribution in [2.75, 3.05) is 17.2 Å². The van der Waals surface area contributed by atoms with E-state index in [9.17, 15) is 0 Å². The van der Waals surface area contributed by atoms with Crippen molar-refractivity contribution in [1.82, 2.24) is 14.8 Å². The lowest BCUT2D eigenvalue weighted by Gasteiger charge is -2.31. The summed E-state index contributed by atoms with van der Waals surface area (Å²) < 4.78 is 2.17. The van der Waals surface area contributed by atoms with Gasteiger partial charge < -0.3 is 15.2 Å². The second-order valence-corrected chi connectivity index (χ2v) is 5.28. The van der Waals surface area contributed by atoms with E-state index in [-0.39, 0.29) is 0 Å². The monoisotopic (exact) mass is 271 g/mol. The molecule has 0 spiro atoms. The van der Waals surface area contributed by atoms with Gasteiger partial charge in [-0.1, -0.05) is 6.07 Å². The minimum atomic E-state index is 0.797. The molecule has 2 aromatic rings. The van der Waals surface area contributed by atoms with Gasteiger partial charge in [0.15, 0.2) is 5.82 Å². The summed E-state index contributed by atoms with van der Waals surface area (Å²) in [5, 5.41) is 8.50. The van der Waals surface area contributed by atoms with E-state index in [2.05, 4.69) is 32.7 Å². The molecule has 0 unspecified atom stereocenters. The van der Waals surface area contributed by atoms with Crippen LogP contribution in [0.2, 0.25) is 0 Å². The van der Waals surface area contributed by atoms with Gasteiger partial charge in [-0.3, -0.25) is 0 Å². The molecule has 20 heavy (non-hydrogen) atoms. The van der Waals surface area contributed by atoms with Crippen molar-refractivity contribution in [1.29, 1.82) is 0 Å². The molecule has 0 fully saturated rings. The fraction of sp³-hybridized carbons (Fsp3) is 0.467. The van der Waals surface area contributed by atoms with Gasteiger partial charge >= 0.3 is 0 Å². The Labute approximate surface area is 119 Å². The molecule has 3 rings (SSSR count). The minimum Gasteiger partial charge on any atom is -0.398 e. The summed E-state index contributed by atoms with van der Waals surface area (Å²) in [5.74, 6) is 2.01. The van der Waals surface area contributed by atoms with E-state index in [4.69, 9.17) is 5.73 Å². The van der Waals surface area contributed by atoms with Crippen molar-refractivity contribution in [3.63, 3.8) is 0 Å². The van der Waals surface area contributed by atoms with Crippen LogP contribution >= 0.6 is 0 Å². The number of nitrogen functional groups attached to an aromatic ring is 1. The summed E-state index contributed by atoms with van der Waals surface area (Å²) in [6.45, 7) is 6.88. The number of nitrogens with zero attached hydrogens (tertiary/aromatic N) is 4. The van der Waals surface area contributed by atoms with Crippen molar-refractivity contribution < 1.29 is 0 Å². The molecule has 0 bridgehead atoms. The summed E-state index contributed by atoms with van der Waals surface area (Å²) in [7, 11) is 0. The third kappa shape index (κ3) is 2.13. The zero-order valence-electron chi connectivity index (χ0n) is 12.1. The van der Waals surface area contributed by atoms with Crippen LogP contribution in [0, 0.1) is 6.92 Å². The van der Waals surface area contributed by atoms with Gasteiger partial charge in [-0.05, 0) is 44.4 Å². The molecule has 0 saturated carbocycles. The first-order valence-corrected chi connectivity index (χ1v) is 7.21. The molecule has 2 N–H and O–H groups in total. The summed E-state index contributed by atoms with van der Waals surface area (Å²) in [6, 6.07) is 6.17. The van der Waals surface area contributed by atoms with E-state index >= 15 is 0 Å². The molecule has 1 aromatic heterocycles. The van der Waals surface area contributed by atoms with Crippen molar-refractivity contribution in [2.45, 2.75) is 39.8 Å². The molecule has 0 atom stereocenters. The third-order valence-corrected chi connectivity index (χ3v) is 4.04. The first-order chi connectivity index (χ1) is 9.70. The van der Waals surface area contributed by atoms with Crippen molar-refractivity contribution in [3.8, 4) is 0 Å². The molecule has 5 nitrogen and oxygen atoms in total. The van der Waals surface area contributed by atoms with Gasteiger partial charge in [-0.15, -0.1) is 10.2 Å². The Bertz CT molecular complexity index is 617. The second kappa shape index (κ2) is 5.15. The van der Waals surface area contributed by atoms with E-state index < -0.39 is 0 Å². The third-order valence-electron chi connectivity index (χ3n) is 4.04. The van der Waals surface area contributed by atoms with E-state index in [1.165, 1.54) is 11.3 Å². The van der Waals surface area contributed by atoms with Crippen LogP contribution in [-0.4, -0.2) is 21.3 Å². The maximum atomic E-state index is 6.10. The Balaban J connectivity index is 1.92. The summed E-state index contributed by atoms with van der Waals surface area (Å²) in [5.41, 5.74) is 9.53. The Morgan fingerprint density at radius 2 is 2.15 bits per heavy atom. The highest BCUT2D eigenvalue weighted by Gasteiger charge is 2.20. The molecule has 0 saturated heterocycles. The first-order valence-electron chi connectivity index (χ1n) is 7.21. The number of aromatic nitrogens is 3. The van der Waals surface area contributed by atoms with Crippen LogP contribution in [0.5, 0.6) is 0 Å². The van der Waals surface area contributed by atoms with Crippen LogP contribution in [0.1, 0.15) is 30.6 Å². The molecule has 2 heterocycles. The quantitative estimate of drug-likeness (QED) is 0.869.